The van der Waals surface area contributed by atoms with Crippen molar-refractivity contribution in [3.05, 3.63) is 34.8 Å². The van der Waals surface area contributed by atoms with Crippen LogP contribution < -0.4 is 10.1 Å². The quantitative estimate of drug-likeness (QED) is 0.850. The van der Waals surface area contributed by atoms with E-state index in [4.69, 9.17) is 4.74 Å². The molecule has 0 saturated carbocycles. The molecular weight excluding hydrogens is 286 g/mol. The van der Waals surface area contributed by atoms with Crippen molar-refractivity contribution in [1.82, 2.24) is 10.2 Å². The molecule has 0 fully saturated rings. The van der Waals surface area contributed by atoms with Gasteiger partial charge >= 0.3 is 0 Å². The van der Waals surface area contributed by atoms with E-state index in [0.717, 1.165) is 24.3 Å². The third-order valence-corrected chi connectivity index (χ3v) is 3.76. The number of nitrogens with zero attached hydrogens (tertiary/aromatic N) is 2. The Bertz CT molecular complexity index is 598. The van der Waals surface area contributed by atoms with Crippen molar-refractivity contribution in [2.45, 2.75) is 33.1 Å². The van der Waals surface area contributed by atoms with Crippen molar-refractivity contribution in [3.8, 4) is 5.75 Å². The van der Waals surface area contributed by atoms with E-state index in [-0.39, 0.29) is 5.91 Å². The molecule has 1 N–H and O–H groups in total. The fraction of sp³-hybridized carbons (Fsp3) is 0.400. The Hall–Kier alpha value is -1.95. The van der Waals surface area contributed by atoms with Crippen LogP contribution in [0.2, 0.25) is 0 Å². The second-order valence-electron chi connectivity index (χ2n) is 4.49. The summed E-state index contributed by atoms with van der Waals surface area (Å²) >= 11 is 1.42. The molecule has 6 heteroatoms. The van der Waals surface area contributed by atoms with Gasteiger partial charge in [-0.15, -0.1) is 10.2 Å². The molecule has 0 saturated heterocycles. The maximum absolute atomic E-state index is 12.3. The van der Waals surface area contributed by atoms with Crippen molar-refractivity contribution in [3.63, 3.8) is 0 Å². The number of amides is 1. The lowest BCUT2D eigenvalue weighted by Gasteiger charge is -2.08. The number of rotatable bonds is 7. The number of ether oxygens (including phenoxy) is 1. The molecule has 1 amide bonds. The van der Waals surface area contributed by atoms with Gasteiger partial charge in [0.25, 0.3) is 5.91 Å². The van der Waals surface area contributed by atoms with Gasteiger partial charge in [-0.2, -0.15) is 0 Å². The summed E-state index contributed by atoms with van der Waals surface area (Å²) in [7, 11) is 0. The molecule has 1 heterocycles. The zero-order chi connectivity index (χ0) is 15.1. The van der Waals surface area contributed by atoms with Crippen LogP contribution in [0, 0.1) is 0 Å². The lowest BCUT2D eigenvalue weighted by molar-refractivity contribution is 0.102. The molecule has 0 aliphatic rings. The van der Waals surface area contributed by atoms with Gasteiger partial charge in [0.15, 0.2) is 0 Å². The topological polar surface area (TPSA) is 64.1 Å². The van der Waals surface area contributed by atoms with Gasteiger partial charge in [-0.05, 0) is 25.5 Å². The van der Waals surface area contributed by atoms with Gasteiger partial charge in [0.1, 0.15) is 10.8 Å². The summed E-state index contributed by atoms with van der Waals surface area (Å²) in [6, 6.07) is 7.17. The predicted molar refractivity (Wildman–Crippen MR) is 84.1 cm³/mol. The highest BCUT2D eigenvalue weighted by atomic mass is 32.1. The molecule has 0 unspecified atom stereocenters. The van der Waals surface area contributed by atoms with Crippen LogP contribution in [0.5, 0.6) is 5.75 Å². The molecule has 0 aliphatic heterocycles. The van der Waals surface area contributed by atoms with Crippen LogP contribution in [0.3, 0.4) is 0 Å². The van der Waals surface area contributed by atoms with Gasteiger partial charge < -0.3 is 4.74 Å². The average molecular weight is 305 g/mol. The Morgan fingerprint density at radius 3 is 2.86 bits per heavy atom. The van der Waals surface area contributed by atoms with Gasteiger partial charge in [0.2, 0.25) is 5.13 Å². The SMILES string of the molecule is CCCCc1nnc(NC(=O)c2ccccc2OCC)s1. The Labute approximate surface area is 128 Å². The molecular formula is C15H19N3O2S. The number of anilines is 1. The second-order valence-corrected chi connectivity index (χ2v) is 5.55. The monoisotopic (exact) mass is 305 g/mol. The van der Waals surface area contributed by atoms with Crippen LogP contribution in [-0.4, -0.2) is 22.7 Å². The van der Waals surface area contributed by atoms with Gasteiger partial charge in [0.05, 0.1) is 12.2 Å². The minimum Gasteiger partial charge on any atom is -0.493 e. The van der Waals surface area contributed by atoms with Crippen LogP contribution in [0.15, 0.2) is 24.3 Å². The molecule has 0 aliphatic carbocycles. The van der Waals surface area contributed by atoms with Gasteiger partial charge in [-0.3, -0.25) is 10.1 Å². The Morgan fingerprint density at radius 2 is 2.10 bits per heavy atom. The van der Waals surface area contributed by atoms with Crippen LogP contribution in [0.1, 0.15) is 42.1 Å². The van der Waals surface area contributed by atoms with E-state index in [1.807, 2.05) is 19.1 Å². The third kappa shape index (κ3) is 4.26. The van der Waals surface area contributed by atoms with Crippen molar-refractivity contribution >= 4 is 22.4 Å². The highest BCUT2D eigenvalue weighted by molar-refractivity contribution is 7.15. The molecule has 2 rings (SSSR count). The van der Waals surface area contributed by atoms with E-state index in [2.05, 4.69) is 22.4 Å². The molecule has 21 heavy (non-hydrogen) atoms. The maximum atomic E-state index is 12.3. The number of hydrogen-bond acceptors (Lipinski definition) is 5. The largest absolute Gasteiger partial charge is 0.493 e. The van der Waals surface area contributed by atoms with Crippen molar-refractivity contribution in [2.75, 3.05) is 11.9 Å². The number of nitrogens with one attached hydrogen (secondary N) is 1. The van der Waals surface area contributed by atoms with Crippen LogP contribution in [0.4, 0.5) is 5.13 Å². The summed E-state index contributed by atoms with van der Waals surface area (Å²) in [5.41, 5.74) is 0.504. The van der Waals surface area contributed by atoms with Gasteiger partial charge in [0, 0.05) is 6.42 Å². The molecule has 0 atom stereocenters. The number of unbranched alkanes of at least 4 members (excludes halogenated alkanes) is 1. The summed E-state index contributed by atoms with van der Waals surface area (Å²) in [5.74, 6) is 0.352. The first kappa shape index (κ1) is 15.4. The third-order valence-electron chi connectivity index (χ3n) is 2.86. The van der Waals surface area contributed by atoms with E-state index in [1.54, 1.807) is 12.1 Å². The fourth-order valence-corrected chi connectivity index (χ4v) is 2.61. The molecule has 1 aromatic carbocycles. The highest BCUT2D eigenvalue weighted by Crippen LogP contribution is 2.22. The number of carbonyl (C=O) groups is 1. The van der Waals surface area contributed by atoms with E-state index in [9.17, 15) is 4.79 Å². The predicted octanol–water partition coefficient (Wildman–Crippen LogP) is 3.53. The molecule has 0 spiro atoms. The lowest BCUT2D eigenvalue weighted by Crippen LogP contribution is -2.13. The minimum absolute atomic E-state index is 0.225. The summed E-state index contributed by atoms with van der Waals surface area (Å²) < 4.78 is 5.46. The highest BCUT2D eigenvalue weighted by Gasteiger charge is 2.14. The number of aromatic nitrogens is 2. The lowest BCUT2D eigenvalue weighted by atomic mass is 10.2. The van der Waals surface area contributed by atoms with E-state index >= 15 is 0 Å². The average Bonchev–Trinajstić information content (AvgIpc) is 2.93. The Balaban J connectivity index is 2.05. The number of aryl methyl sites for hydroxylation is 1. The van der Waals surface area contributed by atoms with Crippen molar-refractivity contribution < 1.29 is 9.53 Å². The smallest absolute Gasteiger partial charge is 0.261 e. The first-order chi connectivity index (χ1) is 10.2. The van der Waals surface area contributed by atoms with Crippen LogP contribution in [-0.2, 0) is 6.42 Å². The van der Waals surface area contributed by atoms with E-state index < -0.39 is 0 Å². The Morgan fingerprint density at radius 1 is 1.29 bits per heavy atom. The Kier molecular flexibility index (Phi) is 5.68. The summed E-state index contributed by atoms with van der Waals surface area (Å²) in [4.78, 5) is 12.3. The maximum Gasteiger partial charge on any atom is 0.261 e. The van der Waals surface area contributed by atoms with E-state index in [1.165, 1.54) is 11.3 Å². The summed E-state index contributed by atoms with van der Waals surface area (Å²) in [6.45, 7) is 4.54. The normalized spacial score (nSPS) is 10.4. The second kappa shape index (κ2) is 7.73. The number of hydrogen-bond donors (Lipinski definition) is 1. The van der Waals surface area contributed by atoms with Crippen LogP contribution >= 0.6 is 11.3 Å². The van der Waals surface area contributed by atoms with E-state index in [0.29, 0.717) is 23.1 Å². The fourth-order valence-electron chi connectivity index (χ4n) is 1.83. The zero-order valence-corrected chi connectivity index (χ0v) is 13.1. The molecule has 1 aromatic heterocycles. The minimum atomic E-state index is -0.225. The van der Waals surface area contributed by atoms with Gasteiger partial charge in [-0.25, -0.2) is 0 Å². The first-order valence-electron chi connectivity index (χ1n) is 7.10. The first-order valence-corrected chi connectivity index (χ1v) is 7.91. The number of carbonyl (C=O) groups excluding carboxylic acids is 1. The standard InChI is InChI=1S/C15H19N3O2S/c1-3-5-10-13-17-18-15(21-13)16-14(19)11-8-6-7-9-12(11)20-4-2/h6-9H,3-5,10H2,1-2H3,(H,16,18,19). The molecule has 112 valence electrons. The summed E-state index contributed by atoms with van der Waals surface area (Å²) in [5, 5.41) is 12.3. The number of benzene rings is 1. The summed E-state index contributed by atoms with van der Waals surface area (Å²) in [6.07, 6.45) is 3.10. The molecule has 0 bridgehead atoms. The van der Waals surface area contributed by atoms with Crippen molar-refractivity contribution in [1.29, 1.82) is 0 Å². The molecule has 2 aromatic rings. The van der Waals surface area contributed by atoms with Crippen LogP contribution in [0.25, 0.3) is 0 Å². The van der Waals surface area contributed by atoms with Crippen molar-refractivity contribution in [2.24, 2.45) is 0 Å². The molecule has 0 radical (unpaired) electrons. The zero-order valence-electron chi connectivity index (χ0n) is 12.3. The molecule has 5 nitrogen and oxygen atoms in total. The number of para-hydroxylation sites is 1. The van der Waals surface area contributed by atoms with Gasteiger partial charge in [-0.1, -0.05) is 36.8 Å².